The molecule has 0 saturated carbocycles. The molecular weight excluding hydrogens is 627 g/mol. The molecule has 3 N–H and O–H groups in total. The lowest BCUT2D eigenvalue weighted by molar-refractivity contribution is -0.137. The fourth-order valence-electron chi connectivity index (χ4n) is 5.02. The Morgan fingerprint density at radius 2 is 1.70 bits per heavy atom. The number of anilines is 1. The number of nitrogens with zero attached hydrogens (tertiary/aromatic N) is 2. The molecule has 10 nitrogen and oxygen atoms in total. The predicted octanol–water partition coefficient (Wildman–Crippen LogP) is 3.96. The van der Waals surface area contributed by atoms with Crippen LogP contribution in [0.3, 0.4) is 0 Å². The summed E-state index contributed by atoms with van der Waals surface area (Å²) in [7, 11) is -4.10. The van der Waals surface area contributed by atoms with E-state index < -0.39 is 52.0 Å². The smallest absolute Gasteiger partial charge is 0.416 e. The minimum atomic E-state index is -4.64. The van der Waals surface area contributed by atoms with E-state index in [-0.39, 0.29) is 49.2 Å². The van der Waals surface area contributed by atoms with Gasteiger partial charge in [-0.1, -0.05) is 62.4 Å². The van der Waals surface area contributed by atoms with Gasteiger partial charge in [-0.25, -0.2) is 13.2 Å². The largest absolute Gasteiger partial charge is 0.434 e. The van der Waals surface area contributed by atoms with Crippen molar-refractivity contribution in [1.29, 1.82) is 0 Å². The zero-order chi connectivity index (χ0) is 33.6. The molecule has 0 radical (unpaired) electrons. The highest BCUT2D eigenvalue weighted by atomic mass is 32.2. The van der Waals surface area contributed by atoms with Crippen LogP contribution in [-0.2, 0) is 38.8 Å². The van der Waals surface area contributed by atoms with Gasteiger partial charge in [0.2, 0.25) is 10.0 Å². The monoisotopic (exact) mass is 663 g/mol. The number of ether oxygens (including phenoxy) is 1. The molecule has 0 aliphatic carbocycles. The van der Waals surface area contributed by atoms with Crippen LogP contribution in [0.1, 0.15) is 30.5 Å². The van der Waals surface area contributed by atoms with Gasteiger partial charge in [-0.15, -0.1) is 0 Å². The number of aliphatic hydroxyl groups excluding tert-OH is 2. The molecule has 1 fully saturated rings. The molecule has 0 bridgehead atoms. The molecule has 2 amide bonds. The van der Waals surface area contributed by atoms with Gasteiger partial charge in [0.15, 0.2) is 6.10 Å². The van der Waals surface area contributed by atoms with Crippen LogP contribution in [0.4, 0.5) is 23.7 Å². The zero-order valence-electron chi connectivity index (χ0n) is 25.2. The number of aliphatic hydroxyl groups is 2. The van der Waals surface area contributed by atoms with E-state index in [0.29, 0.717) is 5.56 Å². The van der Waals surface area contributed by atoms with Gasteiger partial charge in [-0.3, -0.25) is 9.69 Å². The van der Waals surface area contributed by atoms with Crippen molar-refractivity contribution in [2.24, 2.45) is 5.92 Å². The van der Waals surface area contributed by atoms with Crippen LogP contribution in [0.5, 0.6) is 0 Å². The van der Waals surface area contributed by atoms with E-state index >= 15 is 0 Å². The predicted molar refractivity (Wildman–Crippen MR) is 163 cm³/mol. The van der Waals surface area contributed by atoms with Gasteiger partial charge in [0, 0.05) is 18.8 Å². The van der Waals surface area contributed by atoms with E-state index in [1.54, 1.807) is 30.3 Å². The highest BCUT2D eigenvalue weighted by molar-refractivity contribution is 7.89. The van der Waals surface area contributed by atoms with Gasteiger partial charge in [-0.05, 0) is 53.8 Å². The molecule has 4 rings (SSSR count). The van der Waals surface area contributed by atoms with E-state index in [2.05, 4.69) is 5.32 Å². The van der Waals surface area contributed by atoms with Crippen molar-refractivity contribution in [3.63, 3.8) is 0 Å². The number of hydrogen-bond donors (Lipinski definition) is 3. The summed E-state index contributed by atoms with van der Waals surface area (Å²) in [5, 5.41) is 23.5. The van der Waals surface area contributed by atoms with E-state index in [9.17, 15) is 41.4 Å². The molecule has 3 atom stereocenters. The van der Waals surface area contributed by atoms with Crippen LogP contribution in [0.2, 0.25) is 0 Å². The Bertz CT molecular complexity index is 1600. The first-order valence-corrected chi connectivity index (χ1v) is 16.0. The summed E-state index contributed by atoms with van der Waals surface area (Å²) >= 11 is 0. The molecule has 1 aliphatic rings. The van der Waals surface area contributed by atoms with Crippen molar-refractivity contribution < 1.29 is 46.1 Å². The van der Waals surface area contributed by atoms with Crippen molar-refractivity contribution in [3.05, 3.63) is 95.6 Å². The SMILES string of the molecule is CC(C)CN(C[C@@H](O)[C@H](Cc1ccccc1)NC(=O)[C@@H]1CN(c2cccc(C(F)(F)F)c2)C(=O)O1)S(=O)(=O)c1ccc(CO)cc1. The number of cyclic esters (lactones) is 1. The van der Waals surface area contributed by atoms with Gasteiger partial charge in [0.25, 0.3) is 5.91 Å². The number of halogens is 3. The normalized spacial score (nSPS) is 16.8. The molecule has 0 aromatic heterocycles. The fourth-order valence-corrected chi connectivity index (χ4v) is 6.64. The first-order chi connectivity index (χ1) is 21.7. The summed E-state index contributed by atoms with van der Waals surface area (Å²) in [5.74, 6) is -0.929. The molecule has 1 heterocycles. The number of benzene rings is 3. The third-order valence-corrected chi connectivity index (χ3v) is 9.23. The summed E-state index contributed by atoms with van der Waals surface area (Å²) < 4.78 is 73.3. The number of rotatable bonds is 13. The summed E-state index contributed by atoms with van der Waals surface area (Å²) in [6.07, 6.45) is -8.40. The molecule has 14 heteroatoms. The van der Waals surface area contributed by atoms with Crippen LogP contribution in [0.15, 0.2) is 83.8 Å². The lowest BCUT2D eigenvalue weighted by Gasteiger charge is -2.31. The van der Waals surface area contributed by atoms with E-state index in [4.69, 9.17) is 4.74 Å². The molecular formula is C32H36F3N3O7S. The van der Waals surface area contributed by atoms with Gasteiger partial charge >= 0.3 is 12.3 Å². The Morgan fingerprint density at radius 3 is 2.30 bits per heavy atom. The van der Waals surface area contributed by atoms with Gasteiger partial charge in [-0.2, -0.15) is 17.5 Å². The molecule has 3 aromatic rings. The van der Waals surface area contributed by atoms with Crippen LogP contribution >= 0.6 is 0 Å². The highest BCUT2D eigenvalue weighted by Crippen LogP contribution is 2.33. The van der Waals surface area contributed by atoms with Gasteiger partial charge < -0.3 is 20.3 Å². The minimum Gasteiger partial charge on any atom is -0.434 e. The summed E-state index contributed by atoms with van der Waals surface area (Å²) in [6, 6.07) is 17.6. The third kappa shape index (κ3) is 8.63. The molecule has 248 valence electrons. The zero-order valence-corrected chi connectivity index (χ0v) is 26.0. The quantitative estimate of drug-likeness (QED) is 0.252. The summed E-state index contributed by atoms with van der Waals surface area (Å²) in [5.41, 5.74) is 0.178. The number of sulfonamides is 1. The van der Waals surface area contributed by atoms with E-state index in [0.717, 1.165) is 33.0 Å². The van der Waals surface area contributed by atoms with Crippen LogP contribution in [-0.4, -0.2) is 72.8 Å². The Morgan fingerprint density at radius 1 is 1.02 bits per heavy atom. The average molecular weight is 664 g/mol. The Labute approximate surface area is 265 Å². The van der Waals surface area contributed by atoms with E-state index in [1.165, 1.54) is 30.3 Å². The second-order valence-corrected chi connectivity index (χ2v) is 13.4. The number of hydrogen-bond acceptors (Lipinski definition) is 7. The standard InChI is InChI=1S/C32H36F3N3O7S/c1-21(2)17-37(46(43,44)26-13-11-23(20-39)12-14-26)18-28(40)27(15-22-7-4-3-5-8-22)36-30(41)29-19-38(31(42)45-29)25-10-6-9-24(16-25)32(33,34)35/h3-14,16,21,27-29,39-40H,15,17-20H2,1-2H3,(H,36,41)/t27-,28+,29-/m0/s1. The van der Waals surface area contributed by atoms with Crippen molar-refractivity contribution >= 4 is 27.7 Å². The van der Waals surface area contributed by atoms with Gasteiger partial charge in [0.05, 0.1) is 35.8 Å². The molecule has 0 unspecified atom stereocenters. The molecule has 1 aliphatic heterocycles. The number of amides is 2. The second kappa shape index (κ2) is 14.6. The highest BCUT2D eigenvalue weighted by Gasteiger charge is 2.40. The van der Waals surface area contributed by atoms with E-state index in [1.807, 2.05) is 13.8 Å². The number of carbonyl (C=O) groups is 2. The first-order valence-electron chi connectivity index (χ1n) is 14.6. The van der Waals surface area contributed by atoms with Crippen LogP contribution in [0.25, 0.3) is 0 Å². The molecule has 46 heavy (non-hydrogen) atoms. The number of alkyl halides is 3. The summed E-state index contributed by atoms with van der Waals surface area (Å²) in [4.78, 5) is 26.9. The van der Waals surface area contributed by atoms with Crippen molar-refractivity contribution in [3.8, 4) is 0 Å². The molecule has 1 saturated heterocycles. The Hall–Kier alpha value is -3.98. The first kappa shape index (κ1) is 34.9. The maximum Gasteiger partial charge on any atom is 0.416 e. The van der Waals surface area contributed by atoms with Crippen molar-refractivity contribution in [2.75, 3.05) is 24.5 Å². The van der Waals surface area contributed by atoms with Crippen LogP contribution < -0.4 is 10.2 Å². The molecule has 0 spiro atoms. The van der Waals surface area contributed by atoms with Crippen molar-refractivity contribution in [1.82, 2.24) is 9.62 Å². The average Bonchev–Trinajstić information content (AvgIpc) is 3.42. The fraction of sp³-hybridized carbons (Fsp3) is 0.375. The number of nitrogens with one attached hydrogen (secondary N) is 1. The number of carbonyl (C=O) groups excluding carboxylic acids is 2. The topological polar surface area (TPSA) is 136 Å². The van der Waals surface area contributed by atoms with Crippen LogP contribution in [0, 0.1) is 5.92 Å². The second-order valence-electron chi connectivity index (χ2n) is 11.4. The lowest BCUT2D eigenvalue weighted by atomic mass is 10.0. The maximum absolute atomic E-state index is 13.6. The Kier molecular flexibility index (Phi) is 11.1. The molecule has 3 aromatic carbocycles. The maximum atomic E-state index is 13.6. The summed E-state index contributed by atoms with van der Waals surface area (Å²) in [6.45, 7) is 2.66. The van der Waals surface area contributed by atoms with Crippen molar-refractivity contribution in [2.45, 2.75) is 56.2 Å². The third-order valence-electron chi connectivity index (χ3n) is 7.38. The van der Waals surface area contributed by atoms with Gasteiger partial charge in [0.1, 0.15) is 0 Å². The lowest BCUT2D eigenvalue weighted by Crippen LogP contribution is -2.53. The minimum absolute atomic E-state index is 0.0336. The Balaban J connectivity index is 1.55.